The number of nitrogens with one attached hydrogen (secondary N) is 2. The van der Waals surface area contributed by atoms with Gasteiger partial charge in [0.1, 0.15) is 0 Å². The summed E-state index contributed by atoms with van der Waals surface area (Å²) in [5.41, 5.74) is 2.92. The molecule has 114 valence electrons. The number of urea groups is 1. The molecule has 1 heterocycles. The summed E-state index contributed by atoms with van der Waals surface area (Å²) in [6, 6.07) is 13.1. The minimum absolute atomic E-state index is 0.0744. The van der Waals surface area contributed by atoms with Gasteiger partial charge in [0.05, 0.1) is 6.04 Å². The normalized spacial score (nSPS) is 13.5. The van der Waals surface area contributed by atoms with Crippen molar-refractivity contribution in [1.82, 2.24) is 5.32 Å². The van der Waals surface area contributed by atoms with Gasteiger partial charge in [0.25, 0.3) is 0 Å². The highest BCUT2D eigenvalue weighted by Gasteiger charge is 2.15. The zero-order valence-electron chi connectivity index (χ0n) is 12.6. The van der Waals surface area contributed by atoms with E-state index in [2.05, 4.69) is 10.6 Å². The summed E-state index contributed by atoms with van der Waals surface area (Å²) < 4.78 is 10.5. The molecule has 0 bridgehead atoms. The smallest absolute Gasteiger partial charge is 0.319 e. The van der Waals surface area contributed by atoms with Crippen LogP contribution in [0.1, 0.15) is 24.1 Å². The van der Waals surface area contributed by atoms with E-state index in [1.165, 1.54) is 5.56 Å². The standard InChI is InChI=1S/C17H18N2O3/c1-11-3-5-13(6-4-11)12(2)18-17(20)19-14-7-8-15-16(9-14)22-10-21-15/h3-9,12H,10H2,1-2H3,(H2,18,19,20)/t12-/m0/s1. The van der Waals surface area contributed by atoms with Gasteiger partial charge in [0.2, 0.25) is 6.79 Å². The third-order valence-corrected chi connectivity index (χ3v) is 3.56. The second-order valence-corrected chi connectivity index (χ2v) is 5.30. The Morgan fingerprint density at radius 1 is 1.09 bits per heavy atom. The number of carbonyl (C=O) groups is 1. The van der Waals surface area contributed by atoms with Gasteiger partial charge in [0, 0.05) is 11.8 Å². The quantitative estimate of drug-likeness (QED) is 0.910. The first-order chi connectivity index (χ1) is 10.6. The average Bonchev–Trinajstić information content (AvgIpc) is 2.95. The van der Waals surface area contributed by atoms with Crippen molar-refractivity contribution in [1.29, 1.82) is 0 Å². The molecule has 0 aromatic heterocycles. The number of aryl methyl sites for hydroxylation is 1. The lowest BCUT2D eigenvalue weighted by Crippen LogP contribution is -2.31. The maximum Gasteiger partial charge on any atom is 0.319 e. The van der Waals surface area contributed by atoms with Crippen molar-refractivity contribution >= 4 is 11.7 Å². The Morgan fingerprint density at radius 3 is 2.59 bits per heavy atom. The molecule has 0 fully saturated rings. The zero-order chi connectivity index (χ0) is 15.5. The van der Waals surface area contributed by atoms with Crippen molar-refractivity contribution in [3.8, 4) is 11.5 Å². The average molecular weight is 298 g/mol. The molecular formula is C17H18N2O3. The van der Waals surface area contributed by atoms with Crippen molar-refractivity contribution < 1.29 is 14.3 Å². The van der Waals surface area contributed by atoms with E-state index in [9.17, 15) is 4.79 Å². The molecule has 2 N–H and O–H groups in total. The van der Waals surface area contributed by atoms with Gasteiger partial charge >= 0.3 is 6.03 Å². The van der Waals surface area contributed by atoms with Crippen LogP contribution in [0.4, 0.5) is 10.5 Å². The van der Waals surface area contributed by atoms with Gasteiger partial charge in [-0.1, -0.05) is 29.8 Å². The molecule has 1 aliphatic heterocycles. The van der Waals surface area contributed by atoms with Crippen LogP contribution in [0.2, 0.25) is 0 Å². The molecule has 5 nitrogen and oxygen atoms in total. The summed E-state index contributed by atoms with van der Waals surface area (Å²) in [5.74, 6) is 1.34. The van der Waals surface area contributed by atoms with Crippen LogP contribution in [0.15, 0.2) is 42.5 Å². The monoisotopic (exact) mass is 298 g/mol. The van der Waals surface area contributed by atoms with E-state index in [1.54, 1.807) is 18.2 Å². The Bertz CT molecular complexity index is 683. The zero-order valence-corrected chi connectivity index (χ0v) is 12.6. The van der Waals surface area contributed by atoms with Gasteiger partial charge in [-0.05, 0) is 31.5 Å². The number of hydrogen-bond acceptors (Lipinski definition) is 3. The minimum Gasteiger partial charge on any atom is -0.454 e. The van der Waals surface area contributed by atoms with E-state index in [0.717, 1.165) is 5.56 Å². The van der Waals surface area contributed by atoms with Crippen molar-refractivity contribution in [2.24, 2.45) is 0 Å². The highest BCUT2D eigenvalue weighted by molar-refractivity contribution is 5.90. The topological polar surface area (TPSA) is 59.6 Å². The number of rotatable bonds is 3. The number of amides is 2. The van der Waals surface area contributed by atoms with Gasteiger partial charge in [-0.3, -0.25) is 0 Å². The summed E-state index contributed by atoms with van der Waals surface area (Å²) in [6.45, 7) is 4.20. The van der Waals surface area contributed by atoms with E-state index in [1.807, 2.05) is 38.1 Å². The van der Waals surface area contributed by atoms with Gasteiger partial charge in [-0.15, -0.1) is 0 Å². The molecule has 0 saturated heterocycles. The first-order valence-corrected chi connectivity index (χ1v) is 7.15. The SMILES string of the molecule is Cc1ccc([C@H](C)NC(=O)Nc2ccc3c(c2)OCO3)cc1. The Balaban J connectivity index is 1.61. The van der Waals surface area contributed by atoms with Crippen LogP contribution < -0.4 is 20.1 Å². The number of fused-ring (bicyclic) bond motifs is 1. The van der Waals surface area contributed by atoms with Gasteiger partial charge in [0.15, 0.2) is 11.5 Å². The molecule has 0 spiro atoms. The molecular weight excluding hydrogens is 280 g/mol. The molecule has 2 amide bonds. The maximum absolute atomic E-state index is 12.1. The number of benzene rings is 2. The predicted molar refractivity (Wildman–Crippen MR) is 84.3 cm³/mol. The largest absolute Gasteiger partial charge is 0.454 e. The summed E-state index contributed by atoms with van der Waals surface area (Å²) in [7, 11) is 0. The van der Waals surface area contributed by atoms with Gasteiger partial charge < -0.3 is 20.1 Å². The summed E-state index contributed by atoms with van der Waals surface area (Å²) in [5, 5.41) is 5.71. The Morgan fingerprint density at radius 2 is 1.82 bits per heavy atom. The van der Waals surface area contributed by atoms with E-state index in [-0.39, 0.29) is 18.9 Å². The van der Waals surface area contributed by atoms with E-state index in [4.69, 9.17) is 9.47 Å². The van der Waals surface area contributed by atoms with Crippen molar-refractivity contribution in [3.63, 3.8) is 0 Å². The van der Waals surface area contributed by atoms with Crippen LogP contribution in [-0.4, -0.2) is 12.8 Å². The first-order valence-electron chi connectivity index (χ1n) is 7.15. The van der Waals surface area contributed by atoms with E-state index < -0.39 is 0 Å². The molecule has 1 aliphatic rings. The maximum atomic E-state index is 12.1. The minimum atomic E-state index is -0.257. The van der Waals surface area contributed by atoms with E-state index >= 15 is 0 Å². The number of hydrogen-bond donors (Lipinski definition) is 2. The fourth-order valence-corrected chi connectivity index (χ4v) is 2.28. The lowest BCUT2D eigenvalue weighted by molar-refractivity contribution is 0.174. The number of carbonyl (C=O) groups excluding carboxylic acids is 1. The number of ether oxygens (including phenoxy) is 2. The highest BCUT2D eigenvalue weighted by atomic mass is 16.7. The Kier molecular flexibility index (Phi) is 3.87. The number of anilines is 1. The third-order valence-electron chi connectivity index (χ3n) is 3.56. The molecule has 1 atom stereocenters. The molecule has 0 saturated carbocycles. The fourth-order valence-electron chi connectivity index (χ4n) is 2.28. The van der Waals surface area contributed by atoms with Crippen molar-refractivity contribution in [2.75, 3.05) is 12.1 Å². The predicted octanol–water partition coefficient (Wildman–Crippen LogP) is 3.61. The van der Waals surface area contributed by atoms with Crippen LogP contribution in [0.25, 0.3) is 0 Å². The fraction of sp³-hybridized carbons (Fsp3) is 0.235. The van der Waals surface area contributed by atoms with Gasteiger partial charge in [-0.2, -0.15) is 0 Å². The lowest BCUT2D eigenvalue weighted by Gasteiger charge is -2.15. The van der Waals surface area contributed by atoms with E-state index in [0.29, 0.717) is 17.2 Å². The molecule has 0 radical (unpaired) electrons. The van der Waals surface area contributed by atoms with Crippen molar-refractivity contribution in [3.05, 3.63) is 53.6 Å². The Labute approximate surface area is 129 Å². The molecule has 3 rings (SSSR count). The summed E-state index contributed by atoms with van der Waals surface area (Å²) in [6.07, 6.45) is 0. The molecule has 2 aromatic rings. The second kappa shape index (κ2) is 5.97. The van der Waals surface area contributed by atoms with Gasteiger partial charge in [-0.25, -0.2) is 4.79 Å². The van der Waals surface area contributed by atoms with Crippen molar-refractivity contribution in [2.45, 2.75) is 19.9 Å². The summed E-state index contributed by atoms with van der Waals surface area (Å²) >= 11 is 0. The molecule has 0 aliphatic carbocycles. The third kappa shape index (κ3) is 3.14. The second-order valence-electron chi connectivity index (χ2n) is 5.30. The van der Waals surface area contributed by atoms with Crippen LogP contribution in [0.5, 0.6) is 11.5 Å². The highest BCUT2D eigenvalue weighted by Crippen LogP contribution is 2.34. The molecule has 2 aromatic carbocycles. The van der Waals surface area contributed by atoms with Crippen LogP contribution in [0, 0.1) is 6.92 Å². The molecule has 22 heavy (non-hydrogen) atoms. The lowest BCUT2D eigenvalue weighted by atomic mass is 10.1. The van der Waals surface area contributed by atoms with Crippen LogP contribution in [0.3, 0.4) is 0 Å². The van der Waals surface area contributed by atoms with Crippen LogP contribution >= 0.6 is 0 Å². The molecule has 5 heteroatoms. The molecule has 0 unspecified atom stereocenters. The van der Waals surface area contributed by atoms with Crippen LogP contribution in [-0.2, 0) is 0 Å². The Hall–Kier alpha value is -2.69. The first kappa shape index (κ1) is 14.3. The summed E-state index contributed by atoms with van der Waals surface area (Å²) in [4.78, 5) is 12.1.